The first-order chi connectivity index (χ1) is 9.67. The van der Waals surface area contributed by atoms with Gasteiger partial charge in [-0.3, -0.25) is 4.79 Å². The lowest BCUT2D eigenvalue weighted by Crippen LogP contribution is -2.59. The second-order valence-corrected chi connectivity index (χ2v) is 7.89. The molecule has 0 radical (unpaired) electrons. The van der Waals surface area contributed by atoms with Crippen molar-refractivity contribution in [2.24, 2.45) is 5.92 Å². The number of rotatable bonds is 7. The van der Waals surface area contributed by atoms with Crippen molar-refractivity contribution in [1.82, 2.24) is 10.0 Å². The van der Waals surface area contributed by atoms with Gasteiger partial charge in [0.05, 0.1) is 18.4 Å². The van der Waals surface area contributed by atoms with Gasteiger partial charge >= 0.3 is 0 Å². The molecule has 1 aliphatic heterocycles. The van der Waals surface area contributed by atoms with Crippen molar-refractivity contribution in [1.29, 1.82) is 0 Å². The van der Waals surface area contributed by atoms with Crippen LogP contribution in [0.2, 0.25) is 0 Å². The predicted molar refractivity (Wildman–Crippen MR) is 79.2 cm³/mol. The maximum atomic E-state index is 12.4. The van der Waals surface area contributed by atoms with E-state index in [2.05, 4.69) is 10.0 Å². The number of sulfonamides is 1. The number of aliphatic hydroxyl groups excluding tert-OH is 1. The van der Waals surface area contributed by atoms with Gasteiger partial charge in [-0.25, -0.2) is 13.1 Å². The van der Waals surface area contributed by atoms with E-state index < -0.39 is 27.5 Å². The molecule has 21 heavy (non-hydrogen) atoms. The number of ether oxygens (including phenoxy) is 1. The van der Waals surface area contributed by atoms with Gasteiger partial charge in [0.2, 0.25) is 15.9 Å². The van der Waals surface area contributed by atoms with Crippen LogP contribution in [0.5, 0.6) is 0 Å². The summed E-state index contributed by atoms with van der Waals surface area (Å²) in [5.41, 5.74) is -0.719. The number of aliphatic hydroxyl groups is 1. The van der Waals surface area contributed by atoms with E-state index in [1.165, 1.54) is 0 Å². The number of hydrogen-bond acceptors (Lipinski definition) is 5. The van der Waals surface area contributed by atoms with Crippen LogP contribution >= 0.6 is 0 Å². The van der Waals surface area contributed by atoms with E-state index in [0.717, 1.165) is 6.26 Å². The first-order valence-electron chi connectivity index (χ1n) is 7.15. The average molecular weight is 322 g/mol. The number of amides is 1. The van der Waals surface area contributed by atoms with Crippen molar-refractivity contribution >= 4 is 15.9 Å². The molecule has 3 N–H and O–H groups in total. The zero-order valence-corrected chi connectivity index (χ0v) is 13.7. The van der Waals surface area contributed by atoms with E-state index in [9.17, 15) is 18.3 Å². The third-order valence-electron chi connectivity index (χ3n) is 3.52. The van der Waals surface area contributed by atoms with Crippen molar-refractivity contribution in [3.63, 3.8) is 0 Å². The minimum atomic E-state index is -3.48. The zero-order chi connectivity index (χ0) is 16.1. The Balaban J connectivity index is 2.79. The molecular weight excluding hydrogens is 296 g/mol. The maximum Gasteiger partial charge on any atom is 0.238 e. The van der Waals surface area contributed by atoms with Gasteiger partial charge in [-0.15, -0.1) is 0 Å². The van der Waals surface area contributed by atoms with E-state index in [4.69, 9.17) is 4.74 Å². The fourth-order valence-corrected chi connectivity index (χ4v) is 3.09. The lowest BCUT2D eigenvalue weighted by Gasteiger charge is -2.37. The van der Waals surface area contributed by atoms with Gasteiger partial charge in [-0.05, 0) is 25.2 Å². The van der Waals surface area contributed by atoms with Crippen molar-refractivity contribution in [2.45, 2.75) is 44.7 Å². The highest BCUT2D eigenvalue weighted by molar-refractivity contribution is 7.88. The molecule has 1 unspecified atom stereocenters. The van der Waals surface area contributed by atoms with Crippen molar-refractivity contribution in [2.75, 3.05) is 26.1 Å². The van der Waals surface area contributed by atoms with Gasteiger partial charge in [0.25, 0.3) is 0 Å². The summed E-state index contributed by atoms with van der Waals surface area (Å²) in [6.45, 7) is 4.58. The standard InChI is InChI=1S/C13H26N2O5S/c1-10(2)8-11(15-21(3,18)19)12(17)14-13(9-16)4-6-20-7-5-13/h10-11,15-16H,4-9H2,1-3H3,(H,14,17). The number of carbonyl (C=O) groups excluding carboxylic acids is 1. The van der Waals surface area contributed by atoms with Crippen LogP contribution in [-0.2, 0) is 19.6 Å². The van der Waals surface area contributed by atoms with Gasteiger partial charge in [0.1, 0.15) is 6.04 Å². The molecule has 1 heterocycles. The number of hydrogen-bond donors (Lipinski definition) is 3. The fourth-order valence-electron chi connectivity index (χ4n) is 2.37. The Hall–Kier alpha value is -0.700. The van der Waals surface area contributed by atoms with Gasteiger partial charge in [0.15, 0.2) is 0 Å². The summed E-state index contributed by atoms with van der Waals surface area (Å²) in [6.07, 6.45) is 2.46. The fraction of sp³-hybridized carbons (Fsp3) is 0.923. The molecule has 7 nitrogen and oxygen atoms in total. The molecule has 1 aliphatic rings. The van der Waals surface area contributed by atoms with E-state index >= 15 is 0 Å². The summed E-state index contributed by atoms with van der Waals surface area (Å²) in [4.78, 5) is 12.4. The zero-order valence-electron chi connectivity index (χ0n) is 12.9. The highest BCUT2D eigenvalue weighted by Crippen LogP contribution is 2.20. The summed E-state index contributed by atoms with van der Waals surface area (Å²) in [6, 6.07) is -0.828. The van der Waals surface area contributed by atoms with Crippen LogP contribution in [0.25, 0.3) is 0 Å². The molecule has 0 aliphatic carbocycles. The third-order valence-corrected chi connectivity index (χ3v) is 4.23. The topological polar surface area (TPSA) is 105 Å². The molecule has 1 fully saturated rings. The monoisotopic (exact) mass is 322 g/mol. The minimum Gasteiger partial charge on any atom is -0.394 e. The van der Waals surface area contributed by atoms with E-state index in [1.54, 1.807) is 0 Å². The number of nitrogens with one attached hydrogen (secondary N) is 2. The molecular formula is C13H26N2O5S. The Kier molecular flexibility index (Phi) is 6.58. The van der Waals surface area contributed by atoms with Crippen LogP contribution in [-0.4, -0.2) is 57.1 Å². The van der Waals surface area contributed by atoms with Crippen molar-refractivity contribution < 1.29 is 23.1 Å². The molecule has 0 spiro atoms. The molecule has 1 saturated heterocycles. The summed E-state index contributed by atoms with van der Waals surface area (Å²) in [7, 11) is -3.48. The summed E-state index contributed by atoms with van der Waals surface area (Å²) < 4.78 is 30.4. The molecule has 124 valence electrons. The Labute approximate surface area is 126 Å². The first-order valence-corrected chi connectivity index (χ1v) is 9.04. The molecule has 0 aromatic heterocycles. The van der Waals surface area contributed by atoms with E-state index in [-0.39, 0.29) is 12.5 Å². The third kappa shape index (κ3) is 6.29. The lowest BCUT2D eigenvalue weighted by atomic mass is 9.90. The highest BCUT2D eigenvalue weighted by Gasteiger charge is 2.36. The van der Waals surface area contributed by atoms with Gasteiger partial charge in [-0.1, -0.05) is 13.8 Å². The summed E-state index contributed by atoms with van der Waals surface area (Å²) in [5, 5.41) is 12.4. The normalized spacial score (nSPS) is 20.2. The molecule has 0 aromatic rings. The quantitative estimate of drug-likeness (QED) is 0.592. The van der Waals surface area contributed by atoms with E-state index in [1.807, 2.05) is 13.8 Å². The first kappa shape index (κ1) is 18.3. The average Bonchev–Trinajstić information content (AvgIpc) is 2.37. The van der Waals surface area contributed by atoms with Crippen LogP contribution in [0.15, 0.2) is 0 Å². The minimum absolute atomic E-state index is 0.162. The largest absolute Gasteiger partial charge is 0.394 e. The van der Waals surface area contributed by atoms with Crippen LogP contribution in [0, 0.1) is 5.92 Å². The summed E-state index contributed by atoms with van der Waals surface area (Å²) >= 11 is 0. The SMILES string of the molecule is CC(C)CC(NS(C)(=O)=O)C(=O)NC1(CO)CCOCC1. The molecule has 1 atom stereocenters. The van der Waals surface area contributed by atoms with Crippen molar-refractivity contribution in [3.05, 3.63) is 0 Å². The van der Waals surface area contributed by atoms with Gasteiger partial charge < -0.3 is 15.2 Å². The van der Waals surface area contributed by atoms with Crippen LogP contribution in [0.1, 0.15) is 33.1 Å². The lowest BCUT2D eigenvalue weighted by molar-refractivity contribution is -0.127. The smallest absolute Gasteiger partial charge is 0.238 e. The van der Waals surface area contributed by atoms with Crippen LogP contribution in [0.4, 0.5) is 0 Å². The van der Waals surface area contributed by atoms with Crippen LogP contribution < -0.4 is 10.0 Å². The second-order valence-electron chi connectivity index (χ2n) is 6.11. The Morgan fingerprint density at radius 1 is 1.33 bits per heavy atom. The van der Waals surface area contributed by atoms with Crippen LogP contribution in [0.3, 0.4) is 0 Å². The Bertz CT molecular complexity index is 443. The molecule has 1 rings (SSSR count). The second kappa shape index (κ2) is 7.53. The maximum absolute atomic E-state index is 12.4. The molecule has 8 heteroatoms. The highest BCUT2D eigenvalue weighted by atomic mass is 32.2. The van der Waals surface area contributed by atoms with Crippen molar-refractivity contribution in [3.8, 4) is 0 Å². The predicted octanol–water partition coefficient (Wildman–Crippen LogP) is -0.392. The van der Waals surface area contributed by atoms with Gasteiger partial charge in [0, 0.05) is 13.2 Å². The Morgan fingerprint density at radius 2 is 1.90 bits per heavy atom. The van der Waals surface area contributed by atoms with Gasteiger partial charge in [-0.2, -0.15) is 0 Å². The summed E-state index contributed by atoms with van der Waals surface area (Å²) in [5.74, 6) is -0.236. The number of carbonyl (C=O) groups is 1. The molecule has 0 aromatic carbocycles. The molecule has 0 saturated carbocycles. The van der Waals surface area contributed by atoms with E-state index in [0.29, 0.717) is 32.5 Å². The Morgan fingerprint density at radius 3 is 2.33 bits per heavy atom. The molecule has 1 amide bonds. The molecule has 0 bridgehead atoms.